The van der Waals surface area contributed by atoms with Crippen molar-refractivity contribution in [1.29, 1.82) is 0 Å². The first-order valence-electron chi connectivity index (χ1n) is 5.56. The summed E-state index contributed by atoms with van der Waals surface area (Å²) in [6, 6.07) is 6.76. The molecule has 80 valence electrons. The fraction of sp³-hybridized carbons (Fsp3) is 0.500. The Bertz CT molecular complexity index is 378. The summed E-state index contributed by atoms with van der Waals surface area (Å²) in [4.78, 5) is 0. The number of benzene rings is 1. The lowest BCUT2D eigenvalue weighted by molar-refractivity contribution is 0.357. The molecule has 1 aromatic carbocycles. The SMILES string of the molecule is N[C@H]1CNC[C@H]1c1ccc2c(c1)CCO2. The van der Waals surface area contributed by atoms with E-state index in [2.05, 4.69) is 23.5 Å². The Kier molecular flexibility index (Phi) is 2.15. The van der Waals surface area contributed by atoms with E-state index in [1.54, 1.807) is 0 Å². The molecule has 0 aliphatic carbocycles. The van der Waals surface area contributed by atoms with E-state index in [0.717, 1.165) is 31.9 Å². The van der Waals surface area contributed by atoms with Gasteiger partial charge in [-0.15, -0.1) is 0 Å². The minimum absolute atomic E-state index is 0.255. The molecule has 2 heterocycles. The van der Waals surface area contributed by atoms with Crippen LogP contribution in [0.4, 0.5) is 0 Å². The molecule has 0 spiro atoms. The van der Waals surface area contributed by atoms with Gasteiger partial charge in [0.05, 0.1) is 6.61 Å². The van der Waals surface area contributed by atoms with Gasteiger partial charge in [-0.1, -0.05) is 12.1 Å². The molecule has 1 saturated heterocycles. The zero-order valence-corrected chi connectivity index (χ0v) is 8.70. The van der Waals surface area contributed by atoms with Gasteiger partial charge in [0.1, 0.15) is 5.75 Å². The summed E-state index contributed by atoms with van der Waals surface area (Å²) in [5, 5.41) is 3.33. The van der Waals surface area contributed by atoms with Gasteiger partial charge in [0.2, 0.25) is 0 Å². The van der Waals surface area contributed by atoms with Crippen LogP contribution in [0.25, 0.3) is 0 Å². The Balaban J connectivity index is 1.92. The van der Waals surface area contributed by atoms with Crippen LogP contribution in [0, 0.1) is 0 Å². The van der Waals surface area contributed by atoms with Crippen molar-refractivity contribution in [2.75, 3.05) is 19.7 Å². The molecule has 3 N–H and O–H groups in total. The number of fused-ring (bicyclic) bond motifs is 1. The molecule has 3 heteroatoms. The van der Waals surface area contributed by atoms with Crippen molar-refractivity contribution in [2.45, 2.75) is 18.4 Å². The van der Waals surface area contributed by atoms with E-state index in [0.29, 0.717) is 5.92 Å². The topological polar surface area (TPSA) is 47.3 Å². The van der Waals surface area contributed by atoms with E-state index in [-0.39, 0.29) is 6.04 Å². The van der Waals surface area contributed by atoms with Crippen molar-refractivity contribution < 1.29 is 4.74 Å². The average molecular weight is 204 g/mol. The van der Waals surface area contributed by atoms with E-state index in [4.69, 9.17) is 10.5 Å². The lowest BCUT2D eigenvalue weighted by atomic mass is 9.93. The van der Waals surface area contributed by atoms with E-state index >= 15 is 0 Å². The van der Waals surface area contributed by atoms with Crippen molar-refractivity contribution in [3.8, 4) is 5.75 Å². The third-order valence-corrected chi connectivity index (χ3v) is 3.40. The first-order chi connectivity index (χ1) is 7.34. The van der Waals surface area contributed by atoms with Gasteiger partial charge in [-0.05, 0) is 17.2 Å². The fourth-order valence-electron chi connectivity index (χ4n) is 2.50. The predicted octanol–water partition coefficient (Wildman–Crippen LogP) is 0.636. The minimum atomic E-state index is 0.255. The highest BCUT2D eigenvalue weighted by molar-refractivity contribution is 5.41. The average Bonchev–Trinajstić information content (AvgIpc) is 2.84. The van der Waals surface area contributed by atoms with Gasteiger partial charge in [-0.3, -0.25) is 0 Å². The quantitative estimate of drug-likeness (QED) is 0.705. The molecule has 0 aromatic heterocycles. The van der Waals surface area contributed by atoms with Crippen LogP contribution in [-0.4, -0.2) is 25.7 Å². The third-order valence-electron chi connectivity index (χ3n) is 3.40. The Morgan fingerprint density at radius 1 is 1.33 bits per heavy atom. The standard InChI is InChI=1S/C12H16N2O/c13-11-7-14-6-10(11)8-1-2-12-9(5-8)3-4-15-12/h1-2,5,10-11,14H,3-4,6-7,13H2/t10-,11-/m0/s1. The number of hydrogen-bond acceptors (Lipinski definition) is 3. The maximum Gasteiger partial charge on any atom is 0.122 e. The molecule has 0 bridgehead atoms. The van der Waals surface area contributed by atoms with Crippen molar-refractivity contribution in [1.82, 2.24) is 5.32 Å². The molecule has 0 radical (unpaired) electrons. The molecule has 3 nitrogen and oxygen atoms in total. The van der Waals surface area contributed by atoms with Crippen molar-refractivity contribution in [3.05, 3.63) is 29.3 Å². The number of ether oxygens (including phenoxy) is 1. The number of rotatable bonds is 1. The van der Waals surface area contributed by atoms with Crippen LogP contribution in [0.2, 0.25) is 0 Å². The molecule has 0 unspecified atom stereocenters. The summed E-state index contributed by atoms with van der Waals surface area (Å²) in [6.45, 7) is 2.76. The first-order valence-corrected chi connectivity index (χ1v) is 5.56. The highest BCUT2D eigenvalue weighted by Crippen LogP contribution is 2.30. The van der Waals surface area contributed by atoms with Gasteiger partial charge in [0.15, 0.2) is 0 Å². The van der Waals surface area contributed by atoms with Gasteiger partial charge in [-0.2, -0.15) is 0 Å². The van der Waals surface area contributed by atoms with Gasteiger partial charge >= 0.3 is 0 Å². The lowest BCUT2D eigenvalue weighted by Gasteiger charge is -2.15. The van der Waals surface area contributed by atoms with Gasteiger partial charge < -0.3 is 15.8 Å². The second kappa shape index (κ2) is 3.51. The second-order valence-electron chi connectivity index (χ2n) is 4.39. The summed E-state index contributed by atoms with van der Waals surface area (Å²) in [5.74, 6) is 1.52. The Labute approximate surface area is 89.6 Å². The van der Waals surface area contributed by atoms with Crippen LogP contribution in [0.15, 0.2) is 18.2 Å². The zero-order chi connectivity index (χ0) is 10.3. The molecular formula is C12H16N2O. The van der Waals surface area contributed by atoms with E-state index in [9.17, 15) is 0 Å². The molecule has 2 atom stereocenters. The minimum Gasteiger partial charge on any atom is -0.493 e. The van der Waals surface area contributed by atoms with Crippen LogP contribution in [0.3, 0.4) is 0 Å². The third kappa shape index (κ3) is 1.52. The van der Waals surface area contributed by atoms with E-state index in [1.807, 2.05) is 0 Å². The van der Waals surface area contributed by atoms with Crippen molar-refractivity contribution in [2.24, 2.45) is 5.73 Å². The van der Waals surface area contributed by atoms with Crippen LogP contribution < -0.4 is 15.8 Å². The monoisotopic (exact) mass is 204 g/mol. The smallest absolute Gasteiger partial charge is 0.122 e. The maximum absolute atomic E-state index is 6.06. The maximum atomic E-state index is 6.06. The molecule has 1 fully saturated rings. The molecule has 2 aliphatic heterocycles. The summed E-state index contributed by atoms with van der Waals surface area (Å²) < 4.78 is 5.50. The lowest BCUT2D eigenvalue weighted by Crippen LogP contribution is -2.27. The summed E-state index contributed by atoms with van der Waals surface area (Å²) in [7, 11) is 0. The largest absolute Gasteiger partial charge is 0.493 e. The molecule has 0 amide bonds. The highest BCUT2D eigenvalue weighted by atomic mass is 16.5. The molecule has 3 rings (SSSR count). The summed E-state index contributed by atoms with van der Waals surface area (Å²) >= 11 is 0. The Morgan fingerprint density at radius 3 is 3.07 bits per heavy atom. The molecule has 0 saturated carbocycles. The summed E-state index contributed by atoms with van der Waals surface area (Å²) in [5.41, 5.74) is 8.76. The highest BCUT2D eigenvalue weighted by Gasteiger charge is 2.26. The van der Waals surface area contributed by atoms with Crippen LogP contribution >= 0.6 is 0 Å². The van der Waals surface area contributed by atoms with E-state index < -0.39 is 0 Å². The Hall–Kier alpha value is -1.06. The fourth-order valence-corrected chi connectivity index (χ4v) is 2.50. The van der Waals surface area contributed by atoms with Gasteiger partial charge in [-0.25, -0.2) is 0 Å². The van der Waals surface area contributed by atoms with Crippen LogP contribution in [0.1, 0.15) is 17.0 Å². The van der Waals surface area contributed by atoms with Crippen molar-refractivity contribution >= 4 is 0 Å². The number of hydrogen-bond donors (Lipinski definition) is 2. The van der Waals surface area contributed by atoms with E-state index in [1.165, 1.54) is 11.1 Å². The second-order valence-corrected chi connectivity index (χ2v) is 4.39. The summed E-state index contributed by atoms with van der Waals surface area (Å²) in [6.07, 6.45) is 1.04. The van der Waals surface area contributed by atoms with Crippen LogP contribution in [-0.2, 0) is 6.42 Å². The van der Waals surface area contributed by atoms with Gasteiger partial charge in [0, 0.05) is 31.5 Å². The number of nitrogens with two attached hydrogens (primary N) is 1. The molecule has 15 heavy (non-hydrogen) atoms. The predicted molar refractivity (Wildman–Crippen MR) is 59.2 cm³/mol. The molecule has 1 aromatic rings. The normalized spacial score (nSPS) is 28.9. The molecule has 2 aliphatic rings. The van der Waals surface area contributed by atoms with Crippen molar-refractivity contribution in [3.63, 3.8) is 0 Å². The molecular weight excluding hydrogens is 188 g/mol. The zero-order valence-electron chi connectivity index (χ0n) is 8.70. The number of nitrogens with one attached hydrogen (secondary N) is 1. The first kappa shape index (κ1) is 9.19. The van der Waals surface area contributed by atoms with Gasteiger partial charge in [0.25, 0.3) is 0 Å². The van der Waals surface area contributed by atoms with Crippen LogP contribution in [0.5, 0.6) is 5.75 Å². The Morgan fingerprint density at radius 2 is 2.27 bits per heavy atom.